The molecule has 0 N–H and O–H groups in total. The predicted molar refractivity (Wildman–Crippen MR) is 110 cm³/mol. The van der Waals surface area contributed by atoms with Crippen LogP contribution in [-0.4, -0.2) is 5.78 Å². The van der Waals surface area contributed by atoms with Crippen molar-refractivity contribution in [2.75, 3.05) is 0 Å². The van der Waals surface area contributed by atoms with E-state index in [1.807, 2.05) is 72.8 Å². The third-order valence-electron chi connectivity index (χ3n) is 3.96. The molecule has 0 bridgehead atoms. The highest BCUT2D eigenvalue weighted by atomic mass is 32.2. The zero-order valence-corrected chi connectivity index (χ0v) is 15.6. The standard InChI is InChI=1S/C23H16OS2/c24-22(17-10-4-1-5-11-17)20-16-21(25-19-14-8-3-9-15-19)23(26-20)18-12-6-2-7-13-18/h1-16H. The first-order valence-electron chi connectivity index (χ1n) is 8.33. The summed E-state index contributed by atoms with van der Waals surface area (Å²) in [5.41, 5.74) is 1.87. The quantitative estimate of drug-likeness (QED) is 0.358. The van der Waals surface area contributed by atoms with Crippen LogP contribution in [-0.2, 0) is 0 Å². The van der Waals surface area contributed by atoms with Gasteiger partial charge in [-0.25, -0.2) is 0 Å². The van der Waals surface area contributed by atoms with Crippen molar-refractivity contribution in [1.29, 1.82) is 0 Å². The lowest BCUT2D eigenvalue weighted by Crippen LogP contribution is -1.97. The fourth-order valence-corrected chi connectivity index (χ4v) is 4.98. The summed E-state index contributed by atoms with van der Waals surface area (Å²) in [6, 6.07) is 32.0. The molecule has 3 heteroatoms. The van der Waals surface area contributed by atoms with Crippen LogP contribution >= 0.6 is 23.1 Å². The molecule has 26 heavy (non-hydrogen) atoms. The van der Waals surface area contributed by atoms with Crippen LogP contribution in [0, 0.1) is 0 Å². The number of benzene rings is 3. The molecule has 0 aliphatic carbocycles. The SMILES string of the molecule is O=C(c1ccccc1)c1cc(Sc2ccccc2)c(-c2ccccc2)s1. The minimum Gasteiger partial charge on any atom is -0.288 e. The number of hydrogen-bond acceptors (Lipinski definition) is 3. The molecule has 0 spiro atoms. The van der Waals surface area contributed by atoms with Gasteiger partial charge in [0.2, 0.25) is 5.78 Å². The van der Waals surface area contributed by atoms with Gasteiger partial charge in [0.05, 0.1) is 4.88 Å². The number of carbonyl (C=O) groups excluding carboxylic acids is 1. The van der Waals surface area contributed by atoms with Crippen molar-refractivity contribution in [1.82, 2.24) is 0 Å². The first kappa shape index (κ1) is 16.8. The summed E-state index contributed by atoms with van der Waals surface area (Å²) >= 11 is 3.27. The minimum atomic E-state index is 0.0766. The monoisotopic (exact) mass is 372 g/mol. The Morgan fingerprint density at radius 2 is 1.31 bits per heavy atom. The summed E-state index contributed by atoms with van der Waals surface area (Å²) < 4.78 is 0. The van der Waals surface area contributed by atoms with Crippen LogP contribution in [0.3, 0.4) is 0 Å². The van der Waals surface area contributed by atoms with Crippen molar-refractivity contribution in [3.05, 3.63) is 108 Å². The van der Waals surface area contributed by atoms with Gasteiger partial charge in [-0.15, -0.1) is 11.3 Å². The maximum absolute atomic E-state index is 12.9. The highest BCUT2D eigenvalue weighted by Gasteiger charge is 2.18. The number of ketones is 1. The Kier molecular flexibility index (Phi) is 5.00. The summed E-state index contributed by atoms with van der Waals surface area (Å²) in [6.45, 7) is 0. The third kappa shape index (κ3) is 3.64. The van der Waals surface area contributed by atoms with Crippen LogP contribution in [0.25, 0.3) is 10.4 Å². The molecule has 4 rings (SSSR count). The van der Waals surface area contributed by atoms with E-state index in [1.165, 1.54) is 4.90 Å². The molecule has 1 aromatic heterocycles. The second kappa shape index (κ2) is 7.73. The van der Waals surface area contributed by atoms with E-state index >= 15 is 0 Å². The molecule has 4 aromatic rings. The zero-order chi connectivity index (χ0) is 17.8. The summed E-state index contributed by atoms with van der Waals surface area (Å²) in [7, 11) is 0. The fraction of sp³-hybridized carbons (Fsp3) is 0. The van der Waals surface area contributed by atoms with E-state index in [1.54, 1.807) is 23.1 Å². The molecule has 0 aliphatic rings. The molecule has 126 valence electrons. The van der Waals surface area contributed by atoms with Gasteiger partial charge in [-0.1, -0.05) is 90.6 Å². The normalized spacial score (nSPS) is 10.6. The van der Waals surface area contributed by atoms with E-state index in [-0.39, 0.29) is 5.78 Å². The van der Waals surface area contributed by atoms with Gasteiger partial charge >= 0.3 is 0 Å². The van der Waals surface area contributed by atoms with Crippen molar-refractivity contribution in [3.63, 3.8) is 0 Å². The number of thiophene rings is 1. The molecule has 0 aliphatic heterocycles. The average Bonchev–Trinajstić information content (AvgIpc) is 3.13. The van der Waals surface area contributed by atoms with Gasteiger partial charge < -0.3 is 0 Å². The van der Waals surface area contributed by atoms with Crippen LogP contribution < -0.4 is 0 Å². The molecule has 0 fully saturated rings. The predicted octanol–water partition coefficient (Wildman–Crippen LogP) is 6.80. The smallest absolute Gasteiger partial charge is 0.203 e. The minimum absolute atomic E-state index is 0.0766. The van der Waals surface area contributed by atoms with Crippen molar-refractivity contribution in [3.8, 4) is 10.4 Å². The molecule has 0 atom stereocenters. The Morgan fingerprint density at radius 1 is 0.731 bits per heavy atom. The molecular weight excluding hydrogens is 356 g/mol. The van der Waals surface area contributed by atoms with E-state index < -0.39 is 0 Å². The molecule has 0 saturated carbocycles. The number of carbonyl (C=O) groups is 1. The topological polar surface area (TPSA) is 17.1 Å². The van der Waals surface area contributed by atoms with Gasteiger partial charge in [-0.05, 0) is 23.8 Å². The Balaban J connectivity index is 1.76. The second-order valence-corrected chi connectivity index (χ2v) is 7.95. The zero-order valence-electron chi connectivity index (χ0n) is 14.0. The van der Waals surface area contributed by atoms with Gasteiger partial charge in [0.1, 0.15) is 0 Å². The maximum atomic E-state index is 12.9. The summed E-state index contributed by atoms with van der Waals surface area (Å²) in [6.07, 6.45) is 0. The van der Waals surface area contributed by atoms with Gasteiger partial charge in [-0.2, -0.15) is 0 Å². The highest BCUT2D eigenvalue weighted by molar-refractivity contribution is 7.99. The van der Waals surface area contributed by atoms with Crippen molar-refractivity contribution < 1.29 is 4.79 Å². The van der Waals surface area contributed by atoms with E-state index in [0.717, 1.165) is 25.8 Å². The largest absolute Gasteiger partial charge is 0.288 e. The molecule has 0 saturated heterocycles. The van der Waals surface area contributed by atoms with Crippen molar-refractivity contribution in [2.24, 2.45) is 0 Å². The second-order valence-electron chi connectivity index (χ2n) is 5.78. The lowest BCUT2D eigenvalue weighted by Gasteiger charge is -2.03. The van der Waals surface area contributed by atoms with Gasteiger partial charge in [0.25, 0.3) is 0 Å². The molecule has 1 nitrogen and oxygen atoms in total. The Morgan fingerprint density at radius 3 is 1.96 bits per heavy atom. The number of rotatable bonds is 5. The van der Waals surface area contributed by atoms with Gasteiger partial charge in [0, 0.05) is 20.2 Å². The Hall–Kier alpha value is -2.62. The Labute approximate surface area is 161 Å². The van der Waals surface area contributed by atoms with E-state index in [0.29, 0.717) is 0 Å². The molecule has 1 heterocycles. The maximum Gasteiger partial charge on any atom is 0.203 e. The fourth-order valence-electron chi connectivity index (χ4n) is 2.70. The van der Waals surface area contributed by atoms with Crippen LogP contribution in [0.15, 0.2) is 107 Å². The highest BCUT2D eigenvalue weighted by Crippen LogP contribution is 2.42. The average molecular weight is 373 g/mol. The first-order chi connectivity index (χ1) is 12.8. The number of hydrogen-bond donors (Lipinski definition) is 0. The van der Waals surface area contributed by atoms with Crippen LogP contribution in [0.2, 0.25) is 0 Å². The van der Waals surface area contributed by atoms with Crippen LogP contribution in [0.5, 0.6) is 0 Å². The summed E-state index contributed by atoms with van der Waals surface area (Å²) in [4.78, 5) is 17.1. The molecular formula is C23H16OS2. The lowest BCUT2D eigenvalue weighted by molar-refractivity contribution is 0.104. The van der Waals surface area contributed by atoms with Crippen molar-refractivity contribution >= 4 is 28.9 Å². The molecule has 0 unspecified atom stereocenters. The Bertz CT molecular complexity index is 1010. The van der Waals surface area contributed by atoms with E-state index in [9.17, 15) is 4.79 Å². The molecule has 0 radical (unpaired) electrons. The summed E-state index contributed by atoms with van der Waals surface area (Å²) in [5.74, 6) is 0.0766. The van der Waals surface area contributed by atoms with E-state index in [2.05, 4.69) is 24.3 Å². The third-order valence-corrected chi connectivity index (χ3v) is 6.33. The van der Waals surface area contributed by atoms with Crippen LogP contribution in [0.4, 0.5) is 0 Å². The van der Waals surface area contributed by atoms with Crippen molar-refractivity contribution in [2.45, 2.75) is 9.79 Å². The van der Waals surface area contributed by atoms with Crippen LogP contribution in [0.1, 0.15) is 15.2 Å². The van der Waals surface area contributed by atoms with Gasteiger partial charge in [-0.3, -0.25) is 4.79 Å². The molecule has 3 aromatic carbocycles. The summed E-state index contributed by atoms with van der Waals surface area (Å²) in [5, 5.41) is 0. The lowest BCUT2D eigenvalue weighted by atomic mass is 10.1. The molecule has 0 amide bonds. The van der Waals surface area contributed by atoms with E-state index in [4.69, 9.17) is 0 Å². The first-order valence-corrected chi connectivity index (χ1v) is 9.96. The van der Waals surface area contributed by atoms with Gasteiger partial charge in [0.15, 0.2) is 0 Å².